The number of ether oxygens (including phenoxy) is 1. The summed E-state index contributed by atoms with van der Waals surface area (Å²) in [4.78, 5) is 23.1. The minimum absolute atomic E-state index is 0.205. The Kier molecular flexibility index (Phi) is 4.52. The zero-order valence-corrected chi connectivity index (χ0v) is 10.5. The third kappa shape index (κ3) is 3.79. The monoisotopic (exact) mass is 263 g/mol. The molecule has 5 heteroatoms. The van der Waals surface area contributed by atoms with Gasteiger partial charge in [0.25, 0.3) is 0 Å². The van der Waals surface area contributed by atoms with Crippen molar-refractivity contribution in [3.05, 3.63) is 30.3 Å². The smallest absolute Gasteiger partial charge is 0.304 e. The highest BCUT2D eigenvalue weighted by Crippen LogP contribution is 2.24. The molecule has 2 N–H and O–H groups in total. The lowest BCUT2D eigenvalue weighted by molar-refractivity contribution is -0.142. The average molecular weight is 263 g/mol. The SMILES string of the molecule is O=C(O)CC(C(=O)Nc1ccccc1)C1CCCO1. The average Bonchev–Trinajstić information content (AvgIpc) is 2.90. The highest BCUT2D eigenvalue weighted by Gasteiger charge is 2.33. The van der Waals surface area contributed by atoms with Crippen molar-refractivity contribution in [2.75, 3.05) is 11.9 Å². The second kappa shape index (κ2) is 6.33. The van der Waals surface area contributed by atoms with Crippen molar-refractivity contribution in [2.24, 2.45) is 5.92 Å². The Bertz CT molecular complexity index is 440. The van der Waals surface area contributed by atoms with Gasteiger partial charge in [0, 0.05) is 12.3 Å². The molecule has 2 atom stereocenters. The molecule has 19 heavy (non-hydrogen) atoms. The normalized spacial score (nSPS) is 19.9. The van der Waals surface area contributed by atoms with E-state index in [1.165, 1.54) is 0 Å². The Morgan fingerprint density at radius 2 is 2.11 bits per heavy atom. The van der Waals surface area contributed by atoms with E-state index in [0.717, 1.165) is 12.8 Å². The van der Waals surface area contributed by atoms with Crippen LogP contribution in [0.25, 0.3) is 0 Å². The molecule has 1 amide bonds. The first kappa shape index (κ1) is 13.5. The quantitative estimate of drug-likeness (QED) is 0.850. The molecule has 1 aliphatic heterocycles. The van der Waals surface area contributed by atoms with E-state index in [4.69, 9.17) is 9.84 Å². The third-order valence-corrected chi connectivity index (χ3v) is 3.19. The predicted molar refractivity (Wildman–Crippen MR) is 69.8 cm³/mol. The van der Waals surface area contributed by atoms with Crippen LogP contribution in [0.3, 0.4) is 0 Å². The third-order valence-electron chi connectivity index (χ3n) is 3.19. The number of para-hydroxylation sites is 1. The summed E-state index contributed by atoms with van der Waals surface area (Å²) in [5.41, 5.74) is 0.667. The molecule has 0 radical (unpaired) electrons. The summed E-state index contributed by atoms with van der Waals surface area (Å²) in [5, 5.41) is 11.7. The number of hydrogen-bond donors (Lipinski definition) is 2. The lowest BCUT2D eigenvalue weighted by atomic mass is 9.95. The number of carboxylic acid groups (broad SMARTS) is 1. The van der Waals surface area contributed by atoms with Gasteiger partial charge in [-0.2, -0.15) is 0 Å². The molecule has 0 bridgehead atoms. The second-order valence-electron chi connectivity index (χ2n) is 4.61. The minimum atomic E-state index is -0.983. The van der Waals surface area contributed by atoms with Crippen molar-refractivity contribution in [3.8, 4) is 0 Å². The van der Waals surface area contributed by atoms with E-state index < -0.39 is 11.9 Å². The number of aliphatic carboxylic acids is 1. The molecule has 1 saturated heterocycles. The van der Waals surface area contributed by atoms with Crippen LogP contribution in [0.2, 0.25) is 0 Å². The predicted octanol–water partition coefficient (Wildman–Crippen LogP) is 1.90. The van der Waals surface area contributed by atoms with Gasteiger partial charge in [-0.1, -0.05) is 18.2 Å². The Hall–Kier alpha value is -1.88. The van der Waals surface area contributed by atoms with Gasteiger partial charge in [-0.3, -0.25) is 9.59 Å². The number of carboxylic acids is 1. The molecular formula is C14H17NO4. The summed E-state index contributed by atoms with van der Waals surface area (Å²) in [5.74, 6) is -1.91. The number of nitrogens with one attached hydrogen (secondary N) is 1. The van der Waals surface area contributed by atoms with Crippen molar-refractivity contribution in [1.29, 1.82) is 0 Å². The molecule has 2 rings (SSSR count). The summed E-state index contributed by atoms with van der Waals surface area (Å²) >= 11 is 0. The van der Waals surface area contributed by atoms with Gasteiger partial charge in [0.1, 0.15) is 0 Å². The van der Waals surface area contributed by atoms with Crippen molar-refractivity contribution in [2.45, 2.75) is 25.4 Å². The van der Waals surface area contributed by atoms with Crippen LogP contribution in [0.1, 0.15) is 19.3 Å². The summed E-state index contributed by atoms with van der Waals surface area (Å²) in [7, 11) is 0. The van der Waals surface area contributed by atoms with Crippen LogP contribution in [0.4, 0.5) is 5.69 Å². The molecule has 1 fully saturated rings. The lowest BCUT2D eigenvalue weighted by Gasteiger charge is -2.20. The number of carbonyl (C=O) groups excluding carboxylic acids is 1. The van der Waals surface area contributed by atoms with Gasteiger partial charge in [-0.05, 0) is 25.0 Å². The van der Waals surface area contributed by atoms with Crippen molar-refractivity contribution in [3.63, 3.8) is 0 Å². The first-order valence-corrected chi connectivity index (χ1v) is 6.36. The molecule has 0 aromatic heterocycles. The van der Waals surface area contributed by atoms with E-state index in [2.05, 4.69) is 5.32 Å². The molecule has 1 aromatic rings. The van der Waals surface area contributed by atoms with Crippen molar-refractivity contribution >= 4 is 17.6 Å². The summed E-state index contributed by atoms with van der Waals surface area (Å²) in [6, 6.07) is 9.02. The van der Waals surface area contributed by atoms with Gasteiger partial charge >= 0.3 is 5.97 Å². The molecule has 102 valence electrons. The van der Waals surface area contributed by atoms with E-state index in [1.54, 1.807) is 12.1 Å². The number of hydrogen-bond acceptors (Lipinski definition) is 3. The molecule has 1 heterocycles. The maximum Gasteiger partial charge on any atom is 0.304 e. The van der Waals surface area contributed by atoms with Crippen LogP contribution in [0.15, 0.2) is 30.3 Å². The van der Waals surface area contributed by atoms with Crippen LogP contribution >= 0.6 is 0 Å². The highest BCUT2D eigenvalue weighted by molar-refractivity contribution is 5.94. The van der Waals surface area contributed by atoms with E-state index in [0.29, 0.717) is 12.3 Å². The molecule has 2 unspecified atom stereocenters. The maximum absolute atomic E-state index is 12.2. The van der Waals surface area contributed by atoms with Gasteiger partial charge in [0.05, 0.1) is 18.4 Å². The Morgan fingerprint density at radius 3 is 2.68 bits per heavy atom. The summed E-state index contributed by atoms with van der Waals surface area (Å²) in [6.45, 7) is 0.597. The fourth-order valence-corrected chi connectivity index (χ4v) is 2.26. The number of carbonyl (C=O) groups is 2. The van der Waals surface area contributed by atoms with Gasteiger partial charge in [-0.15, -0.1) is 0 Å². The van der Waals surface area contributed by atoms with E-state index in [9.17, 15) is 9.59 Å². The molecule has 5 nitrogen and oxygen atoms in total. The largest absolute Gasteiger partial charge is 0.481 e. The zero-order valence-electron chi connectivity index (χ0n) is 10.5. The number of benzene rings is 1. The molecule has 1 aromatic carbocycles. The number of amides is 1. The van der Waals surface area contributed by atoms with Crippen LogP contribution in [0, 0.1) is 5.92 Å². The maximum atomic E-state index is 12.2. The first-order valence-electron chi connectivity index (χ1n) is 6.36. The number of anilines is 1. The van der Waals surface area contributed by atoms with Crippen LogP contribution < -0.4 is 5.32 Å². The van der Waals surface area contributed by atoms with Crippen LogP contribution in [-0.2, 0) is 14.3 Å². The van der Waals surface area contributed by atoms with Crippen molar-refractivity contribution in [1.82, 2.24) is 0 Å². The minimum Gasteiger partial charge on any atom is -0.481 e. The van der Waals surface area contributed by atoms with Crippen LogP contribution in [0.5, 0.6) is 0 Å². The second-order valence-corrected chi connectivity index (χ2v) is 4.61. The fourth-order valence-electron chi connectivity index (χ4n) is 2.26. The van der Waals surface area contributed by atoms with Gasteiger partial charge in [-0.25, -0.2) is 0 Å². The van der Waals surface area contributed by atoms with Gasteiger partial charge < -0.3 is 15.2 Å². The summed E-state index contributed by atoms with van der Waals surface area (Å²) in [6.07, 6.45) is 1.11. The standard InChI is InChI=1S/C14H17NO4/c16-13(17)9-11(12-7-4-8-19-12)14(18)15-10-5-2-1-3-6-10/h1-3,5-6,11-12H,4,7-9H2,(H,15,18)(H,16,17). The van der Waals surface area contributed by atoms with E-state index in [-0.39, 0.29) is 18.4 Å². The van der Waals surface area contributed by atoms with Gasteiger partial charge in [0.15, 0.2) is 0 Å². The lowest BCUT2D eigenvalue weighted by Crippen LogP contribution is -2.34. The molecule has 0 aliphatic carbocycles. The van der Waals surface area contributed by atoms with E-state index in [1.807, 2.05) is 18.2 Å². The van der Waals surface area contributed by atoms with Crippen LogP contribution in [-0.4, -0.2) is 29.7 Å². The van der Waals surface area contributed by atoms with Crippen molar-refractivity contribution < 1.29 is 19.4 Å². The molecular weight excluding hydrogens is 246 g/mol. The Morgan fingerprint density at radius 1 is 1.37 bits per heavy atom. The summed E-state index contributed by atoms with van der Waals surface area (Å²) < 4.78 is 5.45. The van der Waals surface area contributed by atoms with E-state index >= 15 is 0 Å². The topological polar surface area (TPSA) is 75.6 Å². The highest BCUT2D eigenvalue weighted by atomic mass is 16.5. The molecule has 0 saturated carbocycles. The molecule has 1 aliphatic rings. The van der Waals surface area contributed by atoms with Gasteiger partial charge in [0.2, 0.25) is 5.91 Å². The molecule has 0 spiro atoms. The Balaban J connectivity index is 2.04. The Labute approximate surface area is 111 Å². The fraction of sp³-hybridized carbons (Fsp3) is 0.429. The zero-order chi connectivity index (χ0) is 13.7. The first-order chi connectivity index (χ1) is 9.16. The number of rotatable bonds is 5.